The number of carbonyl (C=O) groups excluding carboxylic acids is 4. The van der Waals surface area contributed by atoms with Crippen molar-refractivity contribution in [3.8, 4) is 0 Å². The third-order valence-corrected chi connectivity index (χ3v) is 5.13. The molecule has 1 atom stereocenters. The molecule has 1 aliphatic heterocycles. The number of benzene rings is 1. The molecule has 25 heavy (non-hydrogen) atoms. The van der Waals surface area contributed by atoms with E-state index >= 15 is 0 Å². The molecule has 1 saturated carbocycles. The monoisotopic (exact) mass is 406 g/mol. The summed E-state index contributed by atoms with van der Waals surface area (Å²) in [5.41, 5.74) is 1.27. The molecule has 1 unspecified atom stereocenters. The molecule has 7 heteroatoms. The average molecular weight is 407 g/mol. The van der Waals surface area contributed by atoms with Crippen LogP contribution in [0.15, 0.2) is 18.2 Å². The van der Waals surface area contributed by atoms with Crippen LogP contribution in [0.2, 0.25) is 0 Å². The number of fused-ring (bicyclic) bond motifs is 1. The topological polar surface area (TPSA) is 83.6 Å². The van der Waals surface area contributed by atoms with E-state index in [0.29, 0.717) is 23.4 Å². The molecule has 1 N–H and O–H groups in total. The van der Waals surface area contributed by atoms with Gasteiger partial charge in [-0.1, -0.05) is 22.0 Å². The van der Waals surface area contributed by atoms with Crippen molar-refractivity contribution in [1.82, 2.24) is 4.90 Å². The Morgan fingerprint density at radius 3 is 2.64 bits per heavy atom. The summed E-state index contributed by atoms with van der Waals surface area (Å²) >= 11 is 3.38. The molecule has 1 aromatic rings. The van der Waals surface area contributed by atoms with Crippen LogP contribution in [0.1, 0.15) is 52.8 Å². The number of hydrogen-bond donors (Lipinski definition) is 1. The summed E-state index contributed by atoms with van der Waals surface area (Å²) in [5.74, 6) is -1.38. The largest absolute Gasteiger partial charge is 0.384 e. The molecule has 1 heterocycles. The maximum Gasteiger partial charge on any atom is 0.264 e. The zero-order valence-corrected chi connectivity index (χ0v) is 15.3. The van der Waals surface area contributed by atoms with Gasteiger partial charge in [-0.15, -0.1) is 0 Å². The highest BCUT2D eigenvalue weighted by Crippen LogP contribution is 2.33. The second-order valence-electron chi connectivity index (χ2n) is 6.27. The Kier molecular flexibility index (Phi) is 5.32. The van der Waals surface area contributed by atoms with E-state index in [9.17, 15) is 19.2 Å². The lowest BCUT2D eigenvalue weighted by atomic mass is 9.92. The molecule has 2 aliphatic rings. The van der Waals surface area contributed by atoms with Crippen LogP contribution in [0, 0.1) is 0 Å². The zero-order valence-electron chi connectivity index (χ0n) is 13.7. The summed E-state index contributed by atoms with van der Waals surface area (Å²) in [6.45, 7) is 0.695. The van der Waals surface area contributed by atoms with Crippen molar-refractivity contribution in [2.45, 2.75) is 38.1 Å². The van der Waals surface area contributed by atoms with Gasteiger partial charge in [0.05, 0.1) is 23.6 Å². The number of nitrogens with zero attached hydrogens (tertiary/aromatic N) is 1. The van der Waals surface area contributed by atoms with E-state index in [1.807, 2.05) is 0 Å². The predicted octanol–water partition coefficient (Wildman–Crippen LogP) is 2.56. The van der Waals surface area contributed by atoms with E-state index in [-0.39, 0.29) is 30.8 Å². The predicted molar refractivity (Wildman–Crippen MR) is 96.1 cm³/mol. The summed E-state index contributed by atoms with van der Waals surface area (Å²) in [6, 6.07) is 4.28. The number of alkyl halides is 1. The summed E-state index contributed by atoms with van der Waals surface area (Å²) in [4.78, 5) is 50.2. The van der Waals surface area contributed by atoms with Gasteiger partial charge in [-0.05, 0) is 31.4 Å². The number of Topliss-reactive ketones (excluding diaryl/α,β-unsaturated/α-hetero) is 2. The van der Waals surface area contributed by atoms with Crippen LogP contribution >= 0.6 is 15.9 Å². The molecule has 1 fully saturated rings. The fourth-order valence-corrected chi connectivity index (χ4v) is 3.71. The van der Waals surface area contributed by atoms with Gasteiger partial charge in [-0.2, -0.15) is 0 Å². The number of unbranched alkanes of at least 4 members (excludes halogenated alkanes) is 1. The number of nitrogens with one attached hydrogen (secondary N) is 1. The Balaban J connectivity index is 1.84. The molecule has 0 radical (unpaired) electrons. The molecule has 3 rings (SSSR count). The van der Waals surface area contributed by atoms with Gasteiger partial charge in [0.2, 0.25) is 0 Å². The summed E-state index contributed by atoms with van der Waals surface area (Å²) in [5, 5.41) is 4.12. The van der Waals surface area contributed by atoms with E-state index < -0.39 is 17.9 Å². The third-order valence-electron chi connectivity index (χ3n) is 4.57. The number of rotatable bonds is 6. The minimum Gasteiger partial charge on any atom is -0.384 e. The minimum atomic E-state index is -0.827. The molecule has 2 amide bonds. The van der Waals surface area contributed by atoms with Gasteiger partial charge in [0, 0.05) is 24.0 Å². The highest BCUT2D eigenvalue weighted by Gasteiger charge is 2.45. The lowest BCUT2D eigenvalue weighted by Gasteiger charge is -2.27. The van der Waals surface area contributed by atoms with Crippen LogP contribution in [0.5, 0.6) is 0 Å². The lowest BCUT2D eigenvalue weighted by molar-refractivity contribution is -0.132. The standard InChI is InChI=1S/C18H19BrN2O4/c19-8-1-2-9-20-13-5-3-4-12-16(13)18(25)21(17(12)24)14-7-6-11(22)10-15(14)23/h3-5,14,20H,1-2,6-10H2. The third kappa shape index (κ3) is 3.38. The number of halogens is 1. The Morgan fingerprint density at radius 1 is 1.12 bits per heavy atom. The van der Waals surface area contributed by atoms with Gasteiger partial charge in [-0.3, -0.25) is 24.1 Å². The summed E-state index contributed by atoms with van der Waals surface area (Å²) < 4.78 is 0. The van der Waals surface area contributed by atoms with Gasteiger partial charge in [0.1, 0.15) is 5.78 Å². The highest BCUT2D eigenvalue weighted by atomic mass is 79.9. The zero-order chi connectivity index (χ0) is 18.0. The van der Waals surface area contributed by atoms with Crippen LogP contribution in [-0.4, -0.2) is 46.2 Å². The quantitative estimate of drug-likeness (QED) is 0.339. The molecule has 0 spiro atoms. The number of imide groups is 1. The molecule has 6 nitrogen and oxygen atoms in total. The van der Waals surface area contributed by atoms with Crippen molar-refractivity contribution < 1.29 is 19.2 Å². The van der Waals surface area contributed by atoms with Gasteiger partial charge < -0.3 is 5.32 Å². The molecular formula is C18H19BrN2O4. The van der Waals surface area contributed by atoms with Gasteiger partial charge in [0.25, 0.3) is 11.8 Å². The van der Waals surface area contributed by atoms with E-state index in [1.54, 1.807) is 18.2 Å². The van der Waals surface area contributed by atoms with E-state index in [0.717, 1.165) is 23.1 Å². The molecule has 132 valence electrons. The Morgan fingerprint density at radius 2 is 1.92 bits per heavy atom. The van der Waals surface area contributed by atoms with Gasteiger partial charge >= 0.3 is 0 Å². The second-order valence-corrected chi connectivity index (χ2v) is 7.06. The summed E-state index contributed by atoms with van der Waals surface area (Å²) in [6.07, 6.45) is 2.18. The first kappa shape index (κ1) is 17.8. The molecule has 0 bridgehead atoms. The Labute approximate surface area is 154 Å². The Bertz CT molecular complexity index is 747. The summed E-state index contributed by atoms with van der Waals surface area (Å²) in [7, 11) is 0. The second kappa shape index (κ2) is 7.47. The van der Waals surface area contributed by atoms with Crippen LogP contribution in [-0.2, 0) is 9.59 Å². The van der Waals surface area contributed by atoms with Gasteiger partial charge in [-0.25, -0.2) is 0 Å². The smallest absolute Gasteiger partial charge is 0.264 e. The van der Waals surface area contributed by atoms with Crippen LogP contribution < -0.4 is 5.32 Å². The van der Waals surface area contributed by atoms with Crippen molar-refractivity contribution in [2.24, 2.45) is 0 Å². The first-order valence-corrected chi connectivity index (χ1v) is 9.52. The molecular weight excluding hydrogens is 388 g/mol. The highest BCUT2D eigenvalue weighted by molar-refractivity contribution is 9.09. The number of amides is 2. The fraction of sp³-hybridized carbons (Fsp3) is 0.444. The molecule has 0 saturated heterocycles. The van der Waals surface area contributed by atoms with Crippen molar-refractivity contribution in [3.05, 3.63) is 29.3 Å². The number of ketones is 2. The van der Waals surface area contributed by atoms with Crippen molar-refractivity contribution in [1.29, 1.82) is 0 Å². The van der Waals surface area contributed by atoms with E-state index in [2.05, 4.69) is 21.2 Å². The maximum absolute atomic E-state index is 12.9. The SMILES string of the molecule is O=C1CCC(N2C(=O)c3cccc(NCCCCBr)c3C2=O)C(=O)C1. The van der Waals surface area contributed by atoms with Gasteiger partial charge in [0.15, 0.2) is 5.78 Å². The lowest BCUT2D eigenvalue weighted by Crippen LogP contribution is -2.47. The first-order valence-electron chi connectivity index (χ1n) is 8.39. The van der Waals surface area contributed by atoms with E-state index in [1.165, 1.54) is 0 Å². The van der Waals surface area contributed by atoms with Crippen molar-refractivity contribution in [2.75, 3.05) is 17.2 Å². The van der Waals surface area contributed by atoms with Crippen LogP contribution in [0.3, 0.4) is 0 Å². The Hall–Kier alpha value is -2.02. The number of hydrogen-bond acceptors (Lipinski definition) is 5. The fourth-order valence-electron chi connectivity index (χ4n) is 3.31. The number of carbonyl (C=O) groups is 4. The van der Waals surface area contributed by atoms with Crippen molar-refractivity contribution >= 4 is 45.0 Å². The van der Waals surface area contributed by atoms with Crippen molar-refractivity contribution in [3.63, 3.8) is 0 Å². The molecule has 1 aliphatic carbocycles. The normalized spacial score (nSPS) is 20.2. The number of anilines is 1. The van der Waals surface area contributed by atoms with Crippen LogP contribution in [0.4, 0.5) is 5.69 Å². The van der Waals surface area contributed by atoms with Crippen LogP contribution in [0.25, 0.3) is 0 Å². The minimum absolute atomic E-state index is 0.132. The maximum atomic E-state index is 12.9. The molecule has 1 aromatic carbocycles. The first-order chi connectivity index (χ1) is 12.0. The molecule has 0 aromatic heterocycles. The van der Waals surface area contributed by atoms with E-state index in [4.69, 9.17) is 0 Å². The average Bonchev–Trinajstić information content (AvgIpc) is 2.84.